The van der Waals surface area contributed by atoms with Gasteiger partial charge in [0.05, 0.1) is 11.9 Å². The van der Waals surface area contributed by atoms with Crippen molar-refractivity contribution in [1.82, 2.24) is 4.98 Å². The monoisotopic (exact) mass is 230 g/mol. The Hall–Kier alpha value is -1.38. The SMILES string of the molecule is Cc1ccncc1NC(=O)[C@H]1CCC12CCC2. The van der Waals surface area contributed by atoms with E-state index in [0.29, 0.717) is 5.41 Å². The molecule has 1 heterocycles. The molecule has 0 bridgehead atoms. The molecular formula is C14H18N2O. The molecule has 0 radical (unpaired) electrons. The number of carbonyl (C=O) groups is 1. The Kier molecular flexibility index (Phi) is 2.42. The number of pyridine rings is 1. The third kappa shape index (κ3) is 1.65. The van der Waals surface area contributed by atoms with Crippen molar-refractivity contribution >= 4 is 11.6 Å². The fourth-order valence-electron chi connectivity index (χ4n) is 3.15. The van der Waals surface area contributed by atoms with Gasteiger partial charge in [-0.3, -0.25) is 9.78 Å². The lowest BCUT2D eigenvalue weighted by molar-refractivity contribution is -0.137. The van der Waals surface area contributed by atoms with Gasteiger partial charge in [-0.05, 0) is 49.7 Å². The summed E-state index contributed by atoms with van der Waals surface area (Å²) in [6, 6.07) is 1.93. The largest absolute Gasteiger partial charge is 0.324 e. The average molecular weight is 230 g/mol. The highest BCUT2D eigenvalue weighted by atomic mass is 16.2. The second kappa shape index (κ2) is 3.83. The average Bonchev–Trinajstić information content (AvgIpc) is 2.17. The number of nitrogens with zero attached hydrogens (tertiary/aromatic N) is 1. The van der Waals surface area contributed by atoms with Crippen LogP contribution in [-0.4, -0.2) is 10.9 Å². The number of nitrogens with one attached hydrogen (secondary N) is 1. The summed E-state index contributed by atoms with van der Waals surface area (Å²) in [7, 11) is 0. The Morgan fingerprint density at radius 2 is 2.29 bits per heavy atom. The number of carbonyl (C=O) groups excluding carboxylic acids is 1. The van der Waals surface area contributed by atoms with E-state index < -0.39 is 0 Å². The number of aromatic nitrogens is 1. The minimum absolute atomic E-state index is 0.201. The van der Waals surface area contributed by atoms with Crippen molar-refractivity contribution in [3.8, 4) is 0 Å². The molecule has 2 fully saturated rings. The molecule has 1 amide bonds. The lowest BCUT2D eigenvalue weighted by Crippen LogP contribution is -2.51. The van der Waals surface area contributed by atoms with E-state index in [9.17, 15) is 4.79 Å². The highest BCUT2D eigenvalue weighted by Crippen LogP contribution is 2.59. The first kappa shape index (κ1) is 10.8. The van der Waals surface area contributed by atoms with Crippen LogP contribution in [0.15, 0.2) is 18.5 Å². The number of rotatable bonds is 2. The van der Waals surface area contributed by atoms with Gasteiger partial charge >= 0.3 is 0 Å². The van der Waals surface area contributed by atoms with Crippen molar-refractivity contribution in [2.24, 2.45) is 11.3 Å². The Morgan fingerprint density at radius 1 is 1.47 bits per heavy atom. The maximum atomic E-state index is 12.2. The molecule has 2 aliphatic rings. The molecule has 1 spiro atoms. The number of amides is 1. The van der Waals surface area contributed by atoms with E-state index >= 15 is 0 Å². The van der Waals surface area contributed by atoms with Gasteiger partial charge in [-0.15, -0.1) is 0 Å². The molecular weight excluding hydrogens is 212 g/mol. The second-order valence-corrected chi connectivity index (χ2v) is 5.49. The number of aryl methyl sites for hydroxylation is 1. The predicted molar refractivity (Wildman–Crippen MR) is 66.6 cm³/mol. The van der Waals surface area contributed by atoms with Gasteiger partial charge in [0.25, 0.3) is 0 Å². The number of anilines is 1. The van der Waals surface area contributed by atoms with Crippen molar-refractivity contribution < 1.29 is 4.79 Å². The third-order valence-corrected chi connectivity index (χ3v) is 4.63. The van der Waals surface area contributed by atoms with E-state index in [1.807, 2.05) is 13.0 Å². The van der Waals surface area contributed by atoms with Gasteiger partial charge in [-0.2, -0.15) is 0 Å². The highest BCUT2D eigenvalue weighted by Gasteiger charge is 2.53. The number of hydrogen-bond donors (Lipinski definition) is 1. The first-order valence-electron chi connectivity index (χ1n) is 6.43. The van der Waals surface area contributed by atoms with Crippen LogP contribution in [-0.2, 0) is 4.79 Å². The van der Waals surface area contributed by atoms with Gasteiger partial charge in [0.15, 0.2) is 0 Å². The second-order valence-electron chi connectivity index (χ2n) is 5.49. The van der Waals surface area contributed by atoms with E-state index in [1.54, 1.807) is 12.4 Å². The molecule has 1 atom stereocenters. The van der Waals surface area contributed by atoms with Gasteiger partial charge in [0.2, 0.25) is 5.91 Å². The van der Waals surface area contributed by atoms with Crippen molar-refractivity contribution in [1.29, 1.82) is 0 Å². The smallest absolute Gasteiger partial charge is 0.228 e. The van der Waals surface area contributed by atoms with E-state index in [-0.39, 0.29) is 11.8 Å². The Labute approximate surface area is 102 Å². The summed E-state index contributed by atoms with van der Waals surface area (Å²) in [6.45, 7) is 2.00. The van der Waals surface area contributed by atoms with Crippen LogP contribution in [0.5, 0.6) is 0 Å². The van der Waals surface area contributed by atoms with Crippen molar-refractivity contribution in [2.75, 3.05) is 5.32 Å². The van der Waals surface area contributed by atoms with Crippen LogP contribution in [0.4, 0.5) is 5.69 Å². The topological polar surface area (TPSA) is 42.0 Å². The quantitative estimate of drug-likeness (QED) is 0.848. The Bertz CT molecular complexity index is 446. The van der Waals surface area contributed by atoms with Crippen LogP contribution in [0.25, 0.3) is 0 Å². The third-order valence-electron chi connectivity index (χ3n) is 4.63. The lowest BCUT2D eigenvalue weighted by Gasteiger charge is -2.55. The first-order chi connectivity index (χ1) is 8.21. The van der Waals surface area contributed by atoms with Gasteiger partial charge in [0, 0.05) is 12.1 Å². The van der Waals surface area contributed by atoms with Crippen LogP contribution in [0.1, 0.15) is 37.7 Å². The summed E-state index contributed by atoms with van der Waals surface area (Å²) >= 11 is 0. The molecule has 2 aliphatic carbocycles. The van der Waals surface area contributed by atoms with E-state index in [4.69, 9.17) is 0 Å². The van der Waals surface area contributed by atoms with Gasteiger partial charge in [-0.25, -0.2) is 0 Å². The minimum atomic E-state index is 0.201. The summed E-state index contributed by atoms with van der Waals surface area (Å²) in [5.41, 5.74) is 2.31. The molecule has 90 valence electrons. The molecule has 3 nitrogen and oxygen atoms in total. The minimum Gasteiger partial charge on any atom is -0.324 e. The fourth-order valence-corrected chi connectivity index (χ4v) is 3.15. The molecule has 0 saturated heterocycles. The molecule has 17 heavy (non-hydrogen) atoms. The molecule has 0 aromatic carbocycles. The fraction of sp³-hybridized carbons (Fsp3) is 0.571. The van der Waals surface area contributed by atoms with E-state index in [1.165, 1.54) is 25.7 Å². The zero-order chi connectivity index (χ0) is 11.9. The molecule has 3 heteroatoms. The molecule has 2 saturated carbocycles. The van der Waals surface area contributed by atoms with Crippen LogP contribution >= 0.6 is 0 Å². The number of hydrogen-bond acceptors (Lipinski definition) is 2. The van der Waals surface area contributed by atoms with E-state index in [0.717, 1.165) is 17.7 Å². The Morgan fingerprint density at radius 3 is 2.82 bits per heavy atom. The van der Waals surface area contributed by atoms with Crippen LogP contribution in [0.3, 0.4) is 0 Å². The molecule has 1 N–H and O–H groups in total. The summed E-state index contributed by atoms with van der Waals surface area (Å²) in [5.74, 6) is 0.447. The van der Waals surface area contributed by atoms with E-state index in [2.05, 4.69) is 10.3 Å². The maximum absolute atomic E-state index is 12.2. The molecule has 0 unspecified atom stereocenters. The van der Waals surface area contributed by atoms with Crippen molar-refractivity contribution in [2.45, 2.75) is 39.0 Å². The summed E-state index contributed by atoms with van der Waals surface area (Å²) < 4.78 is 0. The zero-order valence-electron chi connectivity index (χ0n) is 10.2. The summed E-state index contributed by atoms with van der Waals surface area (Å²) in [5, 5.41) is 3.03. The maximum Gasteiger partial charge on any atom is 0.228 e. The van der Waals surface area contributed by atoms with Crippen molar-refractivity contribution in [3.63, 3.8) is 0 Å². The zero-order valence-corrected chi connectivity index (χ0v) is 10.2. The van der Waals surface area contributed by atoms with Crippen LogP contribution < -0.4 is 5.32 Å². The Balaban J connectivity index is 1.70. The van der Waals surface area contributed by atoms with Crippen LogP contribution in [0.2, 0.25) is 0 Å². The van der Waals surface area contributed by atoms with Gasteiger partial charge in [-0.1, -0.05) is 6.42 Å². The summed E-state index contributed by atoms with van der Waals surface area (Å²) in [6.07, 6.45) is 9.59. The summed E-state index contributed by atoms with van der Waals surface area (Å²) in [4.78, 5) is 16.3. The van der Waals surface area contributed by atoms with Crippen LogP contribution in [0, 0.1) is 18.3 Å². The normalized spacial score (nSPS) is 24.9. The van der Waals surface area contributed by atoms with Gasteiger partial charge < -0.3 is 5.32 Å². The van der Waals surface area contributed by atoms with Gasteiger partial charge in [0.1, 0.15) is 0 Å². The standard InChI is InChI=1S/C14H18N2O/c1-10-4-8-15-9-12(10)16-13(17)11-3-7-14(11)5-2-6-14/h4,8-9,11H,2-3,5-7H2,1H3,(H,16,17)/t11-/m1/s1. The molecule has 1 aromatic rings. The highest BCUT2D eigenvalue weighted by molar-refractivity contribution is 5.94. The molecule has 1 aromatic heterocycles. The van der Waals surface area contributed by atoms with Crippen molar-refractivity contribution in [3.05, 3.63) is 24.0 Å². The lowest BCUT2D eigenvalue weighted by atomic mass is 9.49. The molecule has 0 aliphatic heterocycles. The first-order valence-corrected chi connectivity index (χ1v) is 6.43. The molecule has 3 rings (SSSR count). The predicted octanol–water partition coefficient (Wildman–Crippen LogP) is 2.91.